The van der Waals surface area contributed by atoms with Crippen molar-refractivity contribution in [3.63, 3.8) is 0 Å². The Kier molecular flexibility index (Phi) is 5.11. The fourth-order valence-electron chi connectivity index (χ4n) is 2.71. The lowest BCUT2D eigenvalue weighted by Crippen LogP contribution is -2.21. The first-order chi connectivity index (χ1) is 12.9. The van der Waals surface area contributed by atoms with E-state index >= 15 is 0 Å². The Morgan fingerprint density at radius 2 is 1.96 bits per heavy atom. The molecule has 0 bridgehead atoms. The van der Waals surface area contributed by atoms with Gasteiger partial charge in [0.05, 0.1) is 17.9 Å². The Bertz CT molecular complexity index is 981. The Labute approximate surface area is 156 Å². The van der Waals surface area contributed by atoms with Gasteiger partial charge < -0.3 is 15.1 Å². The molecule has 0 aliphatic carbocycles. The molecule has 0 aromatic carbocycles. The zero-order valence-corrected chi connectivity index (χ0v) is 15.7. The summed E-state index contributed by atoms with van der Waals surface area (Å²) in [6.07, 6.45) is 1.61. The van der Waals surface area contributed by atoms with Crippen LogP contribution in [0, 0.1) is 13.8 Å². The fourth-order valence-corrected chi connectivity index (χ4v) is 2.71. The minimum absolute atomic E-state index is 0.152. The highest BCUT2D eigenvalue weighted by molar-refractivity contribution is 6.06. The summed E-state index contributed by atoms with van der Waals surface area (Å²) in [5.41, 5.74) is 2.42. The van der Waals surface area contributed by atoms with Crippen LogP contribution in [0.3, 0.4) is 0 Å². The number of hydrogen-bond acceptors (Lipinski definition) is 5. The van der Waals surface area contributed by atoms with Gasteiger partial charge in [-0.05, 0) is 39.0 Å². The van der Waals surface area contributed by atoms with Crippen LogP contribution in [-0.2, 0) is 13.1 Å². The van der Waals surface area contributed by atoms with E-state index in [0.717, 1.165) is 11.4 Å². The second-order valence-electron chi connectivity index (χ2n) is 6.13. The Morgan fingerprint density at radius 3 is 2.59 bits per heavy atom. The third kappa shape index (κ3) is 3.91. The number of hydrogen-bond donors (Lipinski definition) is 2. The lowest BCUT2D eigenvalue weighted by Gasteiger charge is -2.03. The smallest absolute Gasteiger partial charge is 0.291 e. The van der Waals surface area contributed by atoms with Crippen molar-refractivity contribution in [2.45, 2.75) is 33.9 Å². The van der Waals surface area contributed by atoms with Crippen LogP contribution in [0.25, 0.3) is 0 Å². The largest absolute Gasteiger partial charge is 0.454 e. The van der Waals surface area contributed by atoms with Crippen molar-refractivity contribution in [2.75, 3.05) is 12.4 Å². The number of anilines is 1. The van der Waals surface area contributed by atoms with Gasteiger partial charge in [0, 0.05) is 25.5 Å². The van der Waals surface area contributed by atoms with Crippen molar-refractivity contribution in [3.05, 3.63) is 53.0 Å². The molecule has 0 fully saturated rings. The minimum Gasteiger partial charge on any atom is -0.454 e. The Hall–Kier alpha value is -3.36. The molecule has 0 saturated carbocycles. The molecular weight excluding hydrogens is 348 g/mol. The van der Waals surface area contributed by atoms with Crippen LogP contribution in [0.4, 0.5) is 5.69 Å². The number of amides is 2. The van der Waals surface area contributed by atoms with Crippen LogP contribution < -0.4 is 10.6 Å². The van der Waals surface area contributed by atoms with E-state index in [1.54, 1.807) is 23.0 Å². The summed E-state index contributed by atoms with van der Waals surface area (Å²) < 4.78 is 9.04. The molecule has 9 nitrogen and oxygen atoms in total. The van der Waals surface area contributed by atoms with E-state index in [4.69, 9.17) is 4.42 Å². The molecule has 0 atom stereocenters. The lowest BCUT2D eigenvalue weighted by atomic mass is 10.3. The first-order valence-corrected chi connectivity index (χ1v) is 8.62. The van der Waals surface area contributed by atoms with Crippen LogP contribution in [0.5, 0.6) is 0 Å². The van der Waals surface area contributed by atoms with Crippen molar-refractivity contribution in [1.82, 2.24) is 24.9 Å². The molecule has 2 amide bonds. The standard InChI is InChI=1S/C18H22N6O3/c1-5-23-10-14(16(22-23)18(26)19-4)20-17(25)15-7-6-13(27-15)9-24-12(3)8-11(2)21-24/h6-8,10H,5,9H2,1-4H3,(H,19,26)(H,20,25). The van der Waals surface area contributed by atoms with Gasteiger partial charge in [0.25, 0.3) is 11.8 Å². The third-order valence-electron chi connectivity index (χ3n) is 4.07. The van der Waals surface area contributed by atoms with Crippen molar-refractivity contribution >= 4 is 17.5 Å². The molecule has 3 heterocycles. The number of aryl methyl sites for hydroxylation is 3. The summed E-state index contributed by atoms with van der Waals surface area (Å²) in [4.78, 5) is 24.5. The lowest BCUT2D eigenvalue weighted by molar-refractivity contribution is 0.0958. The number of carbonyl (C=O) groups excluding carboxylic acids is 2. The molecule has 0 unspecified atom stereocenters. The number of rotatable bonds is 6. The monoisotopic (exact) mass is 370 g/mol. The van der Waals surface area contributed by atoms with Crippen LogP contribution in [0.1, 0.15) is 45.1 Å². The second kappa shape index (κ2) is 7.48. The number of carbonyl (C=O) groups is 2. The average Bonchev–Trinajstić information content (AvgIpc) is 3.34. The summed E-state index contributed by atoms with van der Waals surface area (Å²) >= 11 is 0. The van der Waals surface area contributed by atoms with Gasteiger partial charge in [0.2, 0.25) is 0 Å². The van der Waals surface area contributed by atoms with E-state index in [1.807, 2.05) is 31.5 Å². The van der Waals surface area contributed by atoms with Crippen molar-refractivity contribution in [2.24, 2.45) is 0 Å². The topological polar surface area (TPSA) is 107 Å². The maximum atomic E-state index is 12.5. The number of furan rings is 1. The summed E-state index contributed by atoms with van der Waals surface area (Å²) in [6.45, 7) is 6.79. The summed E-state index contributed by atoms with van der Waals surface area (Å²) in [6, 6.07) is 5.31. The van der Waals surface area contributed by atoms with Gasteiger partial charge in [-0.15, -0.1) is 0 Å². The molecule has 0 aliphatic heterocycles. The first kappa shape index (κ1) is 18.4. The minimum atomic E-state index is -0.449. The maximum absolute atomic E-state index is 12.5. The number of nitrogens with one attached hydrogen (secondary N) is 2. The number of nitrogens with zero attached hydrogens (tertiary/aromatic N) is 4. The van der Waals surface area contributed by atoms with Crippen molar-refractivity contribution < 1.29 is 14.0 Å². The molecule has 0 saturated heterocycles. The molecule has 2 N–H and O–H groups in total. The molecule has 0 spiro atoms. The Balaban J connectivity index is 1.76. The molecule has 9 heteroatoms. The van der Waals surface area contributed by atoms with Crippen molar-refractivity contribution in [3.8, 4) is 0 Å². The zero-order chi connectivity index (χ0) is 19.6. The predicted octanol–water partition coefficient (Wildman–Crippen LogP) is 1.97. The highest BCUT2D eigenvalue weighted by Crippen LogP contribution is 2.17. The molecule has 0 aliphatic rings. The molecule has 27 heavy (non-hydrogen) atoms. The zero-order valence-electron chi connectivity index (χ0n) is 15.7. The highest BCUT2D eigenvalue weighted by Gasteiger charge is 2.20. The molecule has 3 aromatic heterocycles. The molecule has 142 valence electrons. The van der Waals surface area contributed by atoms with Gasteiger partial charge in [-0.1, -0.05) is 0 Å². The van der Waals surface area contributed by atoms with E-state index in [-0.39, 0.29) is 17.4 Å². The van der Waals surface area contributed by atoms with Gasteiger partial charge in [-0.25, -0.2) is 0 Å². The first-order valence-electron chi connectivity index (χ1n) is 8.62. The van der Waals surface area contributed by atoms with Gasteiger partial charge in [-0.2, -0.15) is 10.2 Å². The highest BCUT2D eigenvalue weighted by atomic mass is 16.4. The van der Waals surface area contributed by atoms with Crippen molar-refractivity contribution in [1.29, 1.82) is 0 Å². The predicted molar refractivity (Wildman–Crippen MR) is 98.8 cm³/mol. The average molecular weight is 370 g/mol. The Morgan fingerprint density at radius 1 is 1.19 bits per heavy atom. The SMILES string of the molecule is CCn1cc(NC(=O)c2ccc(Cn3nc(C)cc3C)o2)c(C(=O)NC)n1. The summed E-state index contributed by atoms with van der Waals surface area (Å²) in [7, 11) is 1.51. The van der Waals surface area contributed by atoms with E-state index < -0.39 is 5.91 Å². The summed E-state index contributed by atoms with van der Waals surface area (Å²) in [5, 5.41) is 13.7. The van der Waals surface area contributed by atoms with Crippen LogP contribution in [0.15, 0.2) is 28.8 Å². The molecular formula is C18H22N6O3. The number of aromatic nitrogens is 4. The van der Waals surface area contributed by atoms with Crippen LogP contribution >= 0.6 is 0 Å². The molecule has 3 rings (SSSR count). The fraction of sp³-hybridized carbons (Fsp3) is 0.333. The van der Waals surface area contributed by atoms with E-state index in [2.05, 4.69) is 20.8 Å². The quantitative estimate of drug-likeness (QED) is 0.690. The third-order valence-corrected chi connectivity index (χ3v) is 4.07. The van der Waals surface area contributed by atoms with Crippen LogP contribution in [0.2, 0.25) is 0 Å². The molecule has 0 radical (unpaired) electrons. The van der Waals surface area contributed by atoms with Gasteiger partial charge in [0.15, 0.2) is 11.5 Å². The van der Waals surface area contributed by atoms with Crippen LogP contribution in [-0.4, -0.2) is 38.4 Å². The van der Waals surface area contributed by atoms with E-state index in [1.165, 1.54) is 7.05 Å². The van der Waals surface area contributed by atoms with Gasteiger partial charge >= 0.3 is 0 Å². The summed E-state index contributed by atoms with van der Waals surface area (Å²) in [5.74, 6) is -0.0571. The van der Waals surface area contributed by atoms with E-state index in [9.17, 15) is 9.59 Å². The molecule has 3 aromatic rings. The van der Waals surface area contributed by atoms with E-state index in [0.29, 0.717) is 24.5 Å². The maximum Gasteiger partial charge on any atom is 0.291 e. The van der Waals surface area contributed by atoms with Gasteiger partial charge in [-0.3, -0.25) is 19.0 Å². The van der Waals surface area contributed by atoms with Gasteiger partial charge in [0.1, 0.15) is 5.76 Å². The normalized spacial score (nSPS) is 10.8. The second-order valence-corrected chi connectivity index (χ2v) is 6.13.